The molecule has 0 aliphatic carbocycles. The lowest BCUT2D eigenvalue weighted by Crippen LogP contribution is -2.26. The fourth-order valence-corrected chi connectivity index (χ4v) is 1.34. The molecule has 0 aliphatic heterocycles. The van der Waals surface area contributed by atoms with Crippen LogP contribution in [0, 0.1) is 11.3 Å². The highest BCUT2D eigenvalue weighted by Gasteiger charge is 2.11. The third-order valence-corrected chi connectivity index (χ3v) is 2.21. The maximum absolute atomic E-state index is 11.9. The number of hydrogen-bond donors (Lipinski definition) is 0. The van der Waals surface area contributed by atoms with Crippen molar-refractivity contribution in [2.45, 2.75) is 13.3 Å². The Labute approximate surface area is 101 Å². The van der Waals surface area contributed by atoms with Gasteiger partial charge in [-0.1, -0.05) is 13.0 Å². The molecule has 1 aromatic carbocycles. The lowest BCUT2D eigenvalue weighted by molar-refractivity contribution is 0.0811. The lowest BCUT2D eigenvalue weighted by atomic mass is 10.2. The van der Waals surface area contributed by atoms with Gasteiger partial charge in [0.15, 0.2) is 0 Å². The summed E-state index contributed by atoms with van der Waals surface area (Å²) in [6.45, 7) is 2.74. The van der Waals surface area contributed by atoms with E-state index < -0.39 is 0 Å². The number of carbonyl (C=O) groups is 1. The Bertz CT molecular complexity index is 424. The molecule has 0 bridgehead atoms. The van der Waals surface area contributed by atoms with E-state index in [0.717, 1.165) is 6.42 Å². The van der Waals surface area contributed by atoms with Crippen LogP contribution in [0.1, 0.15) is 23.7 Å². The topological polar surface area (TPSA) is 53.3 Å². The van der Waals surface area contributed by atoms with E-state index in [9.17, 15) is 4.79 Å². The number of benzene rings is 1. The van der Waals surface area contributed by atoms with Crippen molar-refractivity contribution in [1.29, 1.82) is 5.26 Å². The Morgan fingerprint density at radius 1 is 1.53 bits per heavy atom. The zero-order chi connectivity index (χ0) is 12.7. The Hall–Kier alpha value is -2.02. The van der Waals surface area contributed by atoms with Crippen molar-refractivity contribution >= 4 is 5.91 Å². The minimum absolute atomic E-state index is 0.0822. The third-order valence-electron chi connectivity index (χ3n) is 2.21. The van der Waals surface area contributed by atoms with Gasteiger partial charge in [-0.3, -0.25) is 4.79 Å². The zero-order valence-corrected chi connectivity index (χ0v) is 10.1. The molecule has 1 rings (SSSR count). The first-order valence-corrected chi connectivity index (χ1v) is 5.54. The van der Waals surface area contributed by atoms with E-state index in [-0.39, 0.29) is 12.5 Å². The molecule has 0 spiro atoms. The summed E-state index contributed by atoms with van der Waals surface area (Å²) < 4.78 is 5.45. The third kappa shape index (κ3) is 3.80. The summed E-state index contributed by atoms with van der Waals surface area (Å²) in [5.41, 5.74) is 0.538. The Morgan fingerprint density at radius 2 is 2.29 bits per heavy atom. The van der Waals surface area contributed by atoms with Crippen molar-refractivity contribution in [3.8, 4) is 11.8 Å². The van der Waals surface area contributed by atoms with Gasteiger partial charge in [0, 0.05) is 12.6 Å². The van der Waals surface area contributed by atoms with Crippen molar-refractivity contribution in [1.82, 2.24) is 4.90 Å². The molecule has 1 amide bonds. The molecule has 0 aliphatic rings. The van der Waals surface area contributed by atoms with Gasteiger partial charge in [-0.25, -0.2) is 0 Å². The van der Waals surface area contributed by atoms with Gasteiger partial charge >= 0.3 is 0 Å². The summed E-state index contributed by atoms with van der Waals surface area (Å²) in [7, 11) is 1.60. The molecule has 90 valence electrons. The second-order valence-electron chi connectivity index (χ2n) is 3.70. The molecule has 4 nitrogen and oxygen atoms in total. The van der Waals surface area contributed by atoms with Gasteiger partial charge < -0.3 is 9.64 Å². The summed E-state index contributed by atoms with van der Waals surface area (Å²) in [5.74, 6) is 0.511. The Morgan fingerprint density at radius 3 is 2.94 bits per heavy atom. The summed E-state index contributed by atoms with van der Waals surface area (Å²) in [5, 5.41) is 8.53. The number of ether oxygens (including phenoxy) is 1. The molecule has 0 unspecified atom stereocenters. The van der Waals surface area contributed by atoms with Gasteiger partial charge in [0.2, 0.25) is 0 Å². The van der Waals surface area contributed by atoms with E-state index in [2.05, 4.69) is 0 Å². The van der Waals surface area contributed by atoms with Crippen LogP contribution < -0.4 is 4.74 Å². The lowest BCUT2D eigenvalue weighted by Gasteiger charge is -2.13. The standard InChI is InChI=1S/C13H16N2O2/c1-3-9-17-12-6-4-5-11(10-12)13(16)15(2)8-7-14/h4-6,10H,3,8-9H2,1-2H3. The van der Waals surface area contributed by atoms with Gasteiger partial charge in [-0.15, -0.1) is 0 Å². The van der Waals surface area contributed by atoms with Crippen LogP contribution in [0.3, 0.4) is 0 Å². The molecular weight excluding hydrogens is 216 g/mol. The molecule has 0 heterocycles. The average Bonchev–Trinajstić information content (AvgIpc) is 2.36. The van der Waals surface area contributed by atoms with Crippen LogP contribution >= 0.6 is 0 Å². The van der Waals surface area contributed by atoms with E-state index in [1.165, 1.54) is 4.90 Å². The van der Waals surface area contributed by atoms with E-state index in [0.29, 0.717) is 17.9 Å². The molecule has 0 fully saturated rings. The normalized spacial score (nSPS) is 9.47. The van der Waals surface area contributed by atoms with E-state index >= 15 is 0 Å². The molecule has 0 aromatic heterocycles. The van der Waals surface area contributed by atoms with Gasteiger partial charge in [0.1, 0.15) is 12.3 Å². The van der Waals surface area contributed by atoms with Crippen LogP contribution in [0.4, 0.5) is 0 Å². The molecule has 0 saturated heterocycles. The molecule has 17 heavy (non-hydrogen) atoms. The first-order valence-electron chi connectivity index (χ1n) is 5.54. The summed E-state index contributed by atoms with van der Waals surface area (Å²) >= 11 is 0. The predicted molar refractivity (Wildman–Crippen MR) is 64.8 cm³/mol. The number of rotatable bonds is 5. The van der Waals surface area contributed by atoms with Crippen molar-refractivity contribution in [3.63, 3.8) is 0 Å². The highest BCUT2D eigenvalue weighted by molar-refractivity contribution is 5.94. The minimum atomic E-state index is -0.173. The second kappa shape index (κ2) is 6.54. The van der Waals surface area contributed by atoms with Crippen LogP contribution in [-0.4, -0.2) is 31.0 Å². The van der Waals surface area contributed by atoms with Gasteiger partial charge in [-0.2, -0.15) is 5.26 Å². The van der Waals surface area contributed by atoms with Gasteiger partial charge in [0.05, 0.1) is 12.7 Å². The first kappa shape index (κ1) is 13.0. The fraction of sp³-hybridized carbons (Fsp3) is 0.385. The monoisotopic (exact) mass is 232 g/mol. The number of hydrogen-bond acceptors (Lipinski definition) is 3. The maximum atomic E-state index is 11.9. The Balaban J connectivity index is 2.77. The molecule has 0 saturated carbocycles. The SMILES string of the molecule is CCCOc1cccc(C(=O)N(C)CC#N)c1. The molecule has 0 N–H and O–H groups in total. The number of nitrogens with zero attached hydrogens (tertiary/aromatic N) is 2. The van der Waals surface area contributed by atoms with Crippen molar-refractivity contribution in [3.05, 3.63) is 29.8 Å². The quantitative estimate of drug-likeness (QED) is 0.730. The van der Waals surface area contributed by atoms with E-state index in [4.69, 9.17) is 10.00 Å². The number of carbonyl (C=O) groups excluding carboxylic acids is 1. The zero-order valence-electron chi connectivity index (χ0n) is 10.1. The van der Waals surface area contributed by atoms with Crippen molar-refractivity contribution in [2.75, 3.05) is 20.2 Å². The summed E-state index contributed by atoms with van der Waals surface area (Å²) in [6, 6.07) is 8.95. The fourth-order valence-electron chi connectivity index (χ4n) is 1.34. The van der Waals surface area contributed by atoms with Crippen molar-refractivity contribution < 1.29 is 9.53 Å². The van der Waals surface area contributed by atoms with Crippen LogP contribution in [0.5, 0.6) is 5.75 Å². The maximum Gasteiger partial charge on any atom is 0.254 e. The predicted octanol–water partition coefficient (Wildman–Crippen LogP) is 2.07. The molecule has 1 aromatic rings. The van der Waals surface area contributed by atoms with Crippen LogP contribution in [-0.2, 0) is 0 Å². The Kier molecular flexibility index (Phi) is 5.02. The van der Waals surface area contributed by atoms with Gasteiger partial charge in [-0.05, 0) is 24.6 Å². The smallest absolute Gasteiger partial charge is 0.254 e. The van der Waals surface area contributed by atoms with Gasteiger partial charge in [0.25, 0.3) is 5.91 Å². The first-order chi connectivity index (χ1) is 8.19. The molecule has 0 atom stereocenters. The second-order valence-corrected chi connectivity index (χ2v) is 3.70. The minimum Gasteiger partial charge on any atom is -0.494 e. The van der Waals surface area contributed by atoms with Crippen molar-refractivity contribution in [2.24, 2.45) is 0 Å². The van der Waals surface area contributed by atoms with Crippen LogP contribution in [0.15, 0.2) is 24.3 Å². The highest BCUT2D eigenvalue weighted by Crippen LogP contribution is 2.14. The summed E-state index contributed by atoms with van der Waals surface area (Å²) in [4.78, 5) is 13.3. The molecule has 0 radical (unpaired) electrons. The van der Waals surface area contributed by atoms with Crippen LogP contribution in [0.2, 0.25) is 0 Å². The van der Waals surface area contributed by atoms with E-state index in [1.807, 2.05) is 19.1 Å². The number of amides is 1. The van der Waals surface area contributed by atoms with E-state index in [1.54, 1.807) is 25.2 Å². The largest absolute Gasteiger partial charge is 0.494 e. The summed E-state index contributed by atoms with van der Waals surface area (Å²) in [6.07, 6.45) is 0.923. The van der Waals surface area contributed by atoms with Crippen LogP contribution in [0.25, 0.3) is 0 Å². The molecule has 4 heteroatoms. The average molecular weight is 232 g/mol. The number of nitriles is 1. The molecular formula is C13H16N2O2. The highest BCUT2D eigenvalue weighted by atomic mass is 16.5.